The maximum absolute atomic E-state index is 12.7. The Balaban J connectivity index is 1.57. The van der Waals surface area contributed by atoms with Gasteiger partial charge in [-0.15, -0.1) is 11.3 Å². The first-order valence-electron chi connectivity index (χ1n) is 9.54. The minimum atomic E-state index is -0.602. The molecule has 1 saturated heterocycles. The molecule has 30 heavy (non-hydrogen) atoms. The molecule has 0 saturated carbocycles. The van der Waals surface area contributed by atoms with E-state index >= 15 is 0 Å². The van der Waals surface area contributed by atoms with E-state index in [0.29, 0.717) is 34.6 Å². The number of ether oxygens (including phenoxy) is 1. The van der Waals surface area contributed by atoms with Crippen molar-refractivity contribution in [3.63, 3.8) is 0 Å². The first kappa shape index (κ1) is 22.2. The van der Waals surface area contributed by atoms with Gasteiger partial charge in [0.1, 0.15) is 12.6 Å². The summed E-state index contributed by atoms with van der Waals surface area (Å²) >= 11 is 7.04. The lowest BCUT2D eigenvalue weighted by molar-refractivity contribution is -0.125. The summed E-state index contributed by atoms with van der Waals surface area (Å²) in [7, 11) is 0. The Hall–Kier alpha value is -2.46. The fourth-order valence-corrected chi connectivity index (χ4v) is 3.93. The second kappa shape index (κ2) is 10.5. The summed E-state index contributed by atoms with van der Waals surface area (Å²) in [6, 6.07) is 9.74. The number of anilines is 2. The van der Waals surface area contributed by atoms with Crippen molar-refractivity contribution in [1.82, 2.24) is 10.6 Å². The topological polar surface area (TPSA) is 99.8 Å². The number of hydrogen-bond donors (Lipinski definition) is 3. The first-order valence-corrected chi connectivity index (χ1v) is 10.7. The van der Waals surface area contributed by atoms with Crippen molar-refractivity contribution in [2.45, 2.75) is 13.0 Å². The van der Waals surface area contributed by atoms with Crippen LogP contribution < -0.4 is 20.9 Å². The average molecular weight is 451 g/mol. The highest BCUT2D eigenvalue weighted by Crippen LogP contribution is 2.21. The van der Waals surface area contributed by atoms with E-state index in [-0.39, 0.29) is 30.9 Å². The third kappa shape index (κ3) is 5.79. The number of thiophene rings is 1. The molecule has 0 unspecified atom stereocenters. The van der Waals surface area contributed by atoms with Crippen molar-refractivity contribution in [2.24, 2.45) is 0 Å². The number of carbonyl (C=O) groups excluding carboxylic acids is 3. The molecule has 3 amide bonds. The molecule has 160 valence electrons. The summed E-state index contributed by atoms with van der Waals surface area (Å²) in [4.78, 5) is 38.9. The molecule has 1 aromatic carbocycles. The van der Waals surface area contributed by atoms with Crippen molar-refractivity contribution in [3.05, 3.63) is 45.6 Å². The zero-order chi connectivity index (χ0) is 21.5. The van der Waals surface area contributed by atoms with E-state index in [1.165, 1.54) is 11.3 Å². The first-order chi connectivity index (χ1) is 14.5. The van der Waals surface area contributed by atoms with Gasteiger partial charge in [0.05, 0.1) is 15.8 Å². The fraction of sp³-hybridized carbons (Fsp3) is 0.350. The standard InChI is InChI=1S/C20H23ClN4O4S/c1-2-22-15(11-23-20(28)16-7-8-17(21)30-16)19(27)24-13-3-5-14(6-4-13)25-9-10-29-12-18(25)26/h3-8,15,22H,2,9-12H2,1H3,(H,23,28)(H,24,27)/t15-/m0/s1. The Morgan fingerprint density at radius 3 is 2.63 bits per heavy atom. The Morgan fingerprint density at radius 1 is 1.23 bits per heavy atom. The average Bonchev–Trinajstić information content (AvgIpc) is 3.18. The zero-order valence-electron chi connectivity index (χ0n) is 16.4. The number of halogens is 1. The van der Waals surface area contributed by atoms with E-state index in [9.17, 15) is 14.4 Å². The van der Waals surface area contributed by atoms with E-state index in [4.69, 9.17) is 16.3 Å². The second-order valence-electron chi connectivity index (χ2n) is 6.56. The molecule has 2 aromatic rings. The molecule has 0 bridgehead atoms. The van der Waals surface area contributed by atoms with Gasteiger partial charge in [-0.05, 0) is 42.9 Å². The van der Waals surface area contributed by atoms with Crippen molar-refractivity contribution in [2.75, 3.05) is 43.1 Å². The lowest BCUT2D eigenvalue weighted by Crippen LogP contribution is -2.48. The van der Waals surface area contributed by atoms with Crippen LogP contribution in [-0.2, 0) is 14.3 Å². The summed E-state index contributed by atoms with van der Waals surface area (Å²) in [5.41, 5.74) is 1.36. The molecule has 1 atom stereocenters. The van der Waals surface area contributed by atoms with Crippen molar-refractivity contribution >= 4 is 52.0 Å². The highest BCUT2D eigenvalue weighted by atomic mass is 35.5. The summed E-state index contributed by atoms with van der Waals surface area (Å²) in [5, 5.41) is 8.66. The van der Waals surface area contributed by atoms with Crippen LogP contribution in [0.2, 0.25) is 4.34 Å². The van der Waals surface area contributed by atoms with E-state index in [1.54, 1.807) is 41.3 Å². The largest absolute Gasteiger partial charge is 0.370 e. The predicted octanol–water partition coefficient (Wildman–Crippen LogP) is 2.11. The number of nitrogens with zero attached hydrogens (tertiary/aromatic N) is 1. The van der Waals surface area contributed by atoms with E-state index in [2.05, 4.69) is 16.0 Å². The quantitative estimate of drug-likeness (QED) is 0.572. The lowest BCUT2D eigenvalue weighted by atomic mass is 10.2. The number of rotatable bonds is 8. The summed E-state index contributed by atoms with van der Waals surface area (Å²) in [6.45, 7) is 3.66. The molecule has 1 fully saturated rings. The second-order valence-corrected chi connectivity index (χ2v) is 8.27. The van der Waals surface area contributed by atoms with Crippen LogP contribution in [0.15, 0.2) is 36.4 Å². The van der Waals surface area contributed by atoms with Crippen molar-refractivity contribution in [3.8, 4) is 0 Å². The van der Waals surface area contributed by atoms with Crippen LogP contribution >= 0.6 is 22.9 Å². The Morgan fingerprint density at radius 2 is 2.00 bits per heavy atom. The van der Waals surface area contributed by atoms with Gasteiger partial charge in [-0.25, -0.2) is 0 Å². The third-order valence-corrected chi connectivity index (χ3v) is 5.69. The number of nitrogens with one attached hydrogen (secondary N) is 3. The molecule has 0 spiro atoms. The van der Waals surface area contributed by atoms with Crippen LogP contribution in [0, 0.1) is 0 Å². The Bertz CT molecular complexity index is 902. The zero-order valence-corrected chi connectivity index (χ0v) is 18.0. The maximum atomic E-state index is 12.7. The van der Waals surface area contributed by atoms with Gasteiger partial charge in [0.2, 0.25) is 5.91 Å². The summed E-state index contributed by atoms with van der Waals surface area (Å²) < 4.78 is 5.67. The van der Waals surface area contributed by atoms with Gasteiger partial charge in [0.15, 0.2) is 0 Å². The van der Waals surface area contributed by atoms with Crippen LogP contribution in [0.25, 0.3) is 0 Å². The van der Waals surface area contributed by atoms with Crippen LogP contribution in [0.4, 0.5) is 11.4 Å². The van der Waals surface area contributed by atoms with E-state index in [1.807, 2.05) is 6.92 Å². The molecule has 8 nitrogen and oxygen atoms in total. The fourth-order valence-electron chi connectivity index (χ4n) is 2.97. The lowest BCUT2D eigenvalue weighted by Gasteiger charge is -2.27. The normalized spacial score (nSPS) is 15.0. The molecule has 0 radical (unpaired) electrons. The minimum absolute atomic E-state index is 0.0756. The van der Waals surface area contributed by atoms with Crippen molar-refractivity contribution < 1.29 is 19.1 Å². The van der Waals surface area contributed by atoms with Crippen LogP contribution in [-0.4, -0.2) is 56.6 Å². The number of morpholine rings is 1. The molecule has 1 aliphatic rings. The number of hydrogen-bond acceptors (Lipinski definition) is 6. The van der Waals surface area contributed by atoms with Gasteiger partial charge < -0.3 is 25.6 Å². The molecular formula is C20H23ClN4O4S. The molecular weight excluding hydrogens is 428 g/mol. The number of carbonyl (C=O) groups is 3. The molecule has 2 heterocycles. The van der Waals surface area contributed by atoms with Crippen LogP contribution in [0.1, 0.15) is 16.6 Å². The summed E-state index contributed by atoms with van der Waals surface area (Å²) in [6.07, 6.45) is 0. The van der Waals surface area contributed by atoms with Gasteiger partial charge in [0, 0.05) is 24.5 Å². The highest BCUT2D eigenvalue weighted by Gasteiger charge is 2.21. The minimum Gasteiger partial charge on any atom is -0.370 e. The number of amides is 3. The van der Waals surface area contributed by atoms with Gasteiger partial charge >= 0.3 is 0 Å². The molecule has 0 aliphatic carbocycles. The van der Waals surface area contributed by atoms with Crippen molar-refractivity contribution in [1.29, 1.82) is 0 Å². The molecule has 1 aliphatic heterocycles. The highest BCUT2D eigenvalue weighted by molar-refractivity contribution is 7.18. The smallest absolute Gasteiger partial charge is 0.261 e. The van der Waals surface area contributed by atoms with Gasteiger partial charge in [-0.1, -0.05) is 18.5 Å². The molecule has 10 heteroatoms. The van der Waals surface area contributed by atoms with Gasteiger partial charge in [-0.3, -0.25) is 14.4 Å². The van der Waals surface area contributed by atoms with Gasteiger partial charge in [0.25, 0.3) is 11.8 Å². The third-order valence-electron chi connectivity index (χ3n) is 4.46. The summed E-state index contributed by atoms with van der Waals surface area (Å²) in [5.74, 6) is -0.633. The molecule has 3 rings (SSSR count). The SMILES string of the molecule is CCN[C@@H](CNC(=O)c1ccc(Cl)s1)C(=O)Nc1ccc(N2CCOCC2=O)cc1. The Labute approximate surface area is 183 Å². The molecule has 1 aromatic heterocycles. The monoisotopic (exact) mass is 450 g/mol. The number of likely N-dealkylation sites (N-methyl/N-ethyl adjacent to an activating group) is 1. The molecule has 3 N–H and O–H groups in total. The van der Waals surface area contributed by atoms with E-state index in [0.717, 1.165) is 5.69 Å². The maximum Gasteiger partial charge on any atom is 0.261 e. The van der Waals surface area contributed by atoms with E-state index < -0.39 is 6.04 Å². The Kier molecular flexibility index (Phi) is 7.81. The van der Waals surface area contributed by atoms with Gasteiger partial charge in [-0.2, -0.15) is 0 Å². The van der Waals surface area contributed by atoms with Crippen LogP contribution in [0.3, 0.4) is 0 Å². The number of benzene rings is 1. The van der Waals surface area contributed by atoms with Crippen LogP contribution in [0.5, 0.6) is 0 Å². The predicted molar refractivity (Wildman–Crippen MR) is 117 cm³/mol.